The molecule has 2 heteroatoms. The first-order valence-electron chi connectivity index (χ1n) is 5.72. The van der Waals surface area contributed by atoms with E-state index in [0.29, 0.717) is 6.04 Å². The lowest BCUT2D eigenvalue weighted by molar-refractivity contribution is 0.191. The molecule has 0 bridgehead atoms. The topological polar surface area (TPSA) is 15.3 Å². The van der Waals surface area contributed by atoms with Crippen LogP contribution in [0.25, 0.3) is 0 Å². The predicted molar refractivity (Wildman–Crippen MR) is 62.9 cm³/mol. The third-order valence-electron chi connectivity index (χ3n) is 3.18. The van der Waals surface area contributed by atoms with Crippen molar-refractivity contribution >= 4 is 0 Å². The molecule has 0 saturated carbocycles. The van der Waals surface area contributed by atoms with Gasteiger partial charge in [0.25, 0.3) is 0 Å². The van der Waals surface area contributed by atoms with E-state index in [-0.39, 0.29) is 0 Å². The number of nitrogens with zero attached hydrogens (tertiary/aromatic N) is 1. The van der Waals surface area contributed by atoms with Gasteiger partial charge in [0.15, 0.2) is 0 Å². The van der Waals surface area contributed by atoms with Crippen LogP contribution in [0.4, 0.5) is 0 Å². The van der Waals surface area contributed by atoms with Crippen LogP contribution >= 0.6 is 0 Å². The molecule has 1 radical (unpaired) electrons. The predicted octanol–water partition coefficient (Wildman–Crippen LogP) is 1.32. The van der Waals surface area contributed by atoms with Crippen LogP contribution in [0.3, 0.4) is 0 Å². The van der Waals surface area contributed by atoms with Crippen molar-refractivity contribution in [2.75, 3.05) is 26.7 Å². The second kappa shape index (κ2) is 5.29. The molecule has 2 nitrogen and oxygen atoms in total. The summed E-state index contributed by atoms with van der Waals surface area (Å²) in [5.74, 6) is 0. The lowest BCUT2D eigenvalue weighted by Crippen LogP contribution is -2.49. The van der Waals surface area contributed by atoms with Gasteiger partial charge >= 0.3 is 0 Å². The zero-order valence-electron chi connectivity index (χ0n) is 9.37. The van der Waals surface area contributed by atoms with Gasteiger partial charge in [0.1, 0.15) is 0 Å². The zero-order chi connectivity index (χ0) is 10.5. The molecular formula is C13H19N2. The Kier molecular flexibility index (Phi) is 3.75. The van der Waals surface area contributed by atoms with E-state index < -0.39 is 0 Å². The molecule has 0 amide bonds. The Morgan fingerprint density at radius 3 is 3.27 bits per heavy atom. The van der Waals surface area contributed by atoms with Crippen LogP contribution in [0.2, 0.25) is 0 Å². The van der Waals surface area contributed by atoms with E-state index in [9.17, 15) is 0 Å². The quantitative estimate of drug-likeness (QED) is 0.797. The van der Waals surface area contributed by atoms with Gasteiger partial charge in [0, 0.05) is 25.7 Å². The molecule has 1 aromatic carbocycles. The number of rotatable bonds is 3. The molecule has 1 aliphatic rings. The number of hydrogen-bond acceptors (Lipinski definition) is 2. The number of hydrogen-bond donors (Lipinski definition) is 1. The molecule has 1 atom stereocenters. The average molecular weight is 203 g/mol. The summed E-state index contributed by atoms with van der Waals surface area (Å²) in [5, 5.41) is 3.45. The molecule has 1 fully saturated rings. The van der Waals surface area contributed by atoms with Gasteiger partial charge in [0.05, 0.1) is 0 Å². The minimum absolute atomic E-state index is 0.693. The van der Waals surface area contributed by atoms with Gasteiger partial charge in [-0.05, 0) is 31.5 Å². The Labute approximate surface area is 92.3 Å². The number of piperazine rings is 1. The Balaban J connectivity index is 1.82. The van der Waals surface area contributed by atoms with Crippen LogP contribution in [0.15, 0.2) is 24.3 Å². The molecule has 0 aromatic heterocycles. The second-order valence-electron chi connectivity index (χ2n) is 4.29. The summed E-state index contributed by atoms with van der Waals surface area (Å²) in [4.78, 5) is 2.46. The smallest absolute Gasteiger partial charge is 0.0221 e. The van der Waals surface area contributed by atoms with Gasteiger partial charge in [-0.15, -0.1) is 0 Å². The highest BCUT2D eigenvalue weighted by Crippen LogP contribution is 2.09. The standard InChI is InChI=1S/C13H19N2/c1-15-10-9-14-11-13(15)8-7-12-5-3-2-4-6-12/h2-3,5-6,13-14H,7-11H2,1H3. The first-order chi connectivity index (χ1) is 7.36. The lowest BCUT2D eigenvalue weighted by atomic mass is 10.0. The van der Waals surface area contributed by atoms with Gasteiger partial charge in [-0.25, -0.2) is 0 Å². The zero-order valence-corrected chi connectivity index (χ0v) is 9.37. The molecular weight excluding hydrogens is 184 g/mol. The first-order valence-corrected chi connectivity index (χ1v) is 5.72. The Bertz CT molecular complexity index is 284. The SMILES string of the molecule is CN1CCNCC1CCc1c[c]ccc1. The van der Waals surface area contributed by atoms with E-state index in [1.54, 1.807) is 0 Å². The van der Waals surface area contributed by atoms with E-state index >= 15 is 0 Å². The average Bonchev–Trinajstić information content (AvgIpc) is 2.29. The van der Waals surface area contributed by atoms with Gasteiger partial charge in [-0.3, -0.25) is 0 Å². The van der Waals surface area contributed by atoms with Crippen LogP contribution in [0, 0.1) is 6.07 Å². The van der Waals surface area contributed by atoms with Crippen molar-refractivity contribution in [2.24, 2.45) is 0 Å². The molecule has 1 aliphatic heterocycles. The Morgan fingerprint density at radius 1 is 1.60 bits per heavy atom. The number of benzene rings is 1. The fourth-order valence-corrected chi connectivity index (χ4v) is 2.10. The summed E-state index contributed by atoms with van der Waals surface area (Å²) >= 11 is 0. The monoisotopic (exact) mass is 203 g/mol. The van der Waals surface area contributed by atoms with Crippen molar-refractivity contribution in [1.29, 1.82) is 0 Å². The van der Waals surface area contributed by atoms with Crippen LogP contribution in [0.5, 0.6) is 0 Å². The highest BCUT2D eigenvalue weighted by molar-refractivity contribution is 5.13. The van der Waals surface area contributed by atoms with E-state index in [4.69, 9.17) is 0 Å². The van der Waals surface area contributed by atoms with Crippen LogP contribution in [0.1, 0.15) is 12.0 Å². The summed E-state index contributed by atoms with van der Waals surface area (Å²) in [6.45, 7) is 3.44. The maximum Gasteiger partial charge on any atom is 0.0221 e. The van der Waals surface area contributed by atoms with E-state index in [1.807, 2.05) is 6.07 Å². The molecule has 15 heavy (non-hydrogen) atoms. The fraction of sp³-hybridized carbons (Fsp3) is 0.538. The lowest BCUT2D eigenvalue weighted by Gasteiger charge is -2.33. The third-order valence-corrected chi connectivity index (χ3v) is 3.18. The van der Waals surface area contributed by atoms with E-state index in [0.717, 1.165) is 19.5 Å². The van der Waals surface area contributed by atoms with Gasteiger partial charge < -0.3 is 10.2 Å². The molecule has 1 heterocycles. The normalized spacial score (nSPS) is 22.9. The van der Waals surface area contributed by atoms with Gasteiger partial charge in [-0.1, -0.05) is 24.3 Å². The van der Waals surface area contributed by atoms with Crippen LogP contribution in [-0.4, -0.2) is 37.6 Å². The summed E-state index contributed by atoms with van der Waals surface area (Å²) in [6, 6.07) is 12.1. The fourth-order valence-electron chi connectivity index (χ4n) is 2.10. The van der Waals surface area contributed by atoms with Gasteiger partial charge in [0.2, 0.25) is 0 Å². The van der Waals surface area contributed by atoms with Crippen molar-refractivity contribution in [3.05, 3.63) is 35.9 Å². The first kappa shape index (κ1) is 10.7. The summed E-state index contributed by atoms with van der Waals surface area (Å²) in [6.07, 6.45) is 2.40. The van der Waals surface area contributed by atoms with Crippen molar-refractivity contribution in [1.82, 2.24) is 10.2 Å². The summed E-state index contributed by atoms with van der Waals surface area (Å²) in [5.41, 5.74) is 1.40. The molecule has 1 unspecified atom stereocenters. The Morgan fingerprint density at radius 2 is 2.53 bits per heavy atom. The molecule has 0 aliphatic carbocycles. The van der Waals surface area contributed by atoms with Crippen LogP contribution < -0.4 is 5.32 Å². The molecule has 2 rings (SSSR count). The molecule has 0 spiro atoms. The third kappa shape index (κ3) is 3.05. The Hall–Kier alpha value is -0.860. The minimum Gasteiger partial charge on any atom is -0.314 e. The number of likely N-dealkylation sites (N-methyl/N-ethyl adjacent to an activating group) is 1. The van der Waals surface area contributed by atoms with Crippen molar-refractivity contribution in [3.63, 3.8) is 0 Å². The maximum absolute atomic E-state index is 3.45. The molecule has 1 saturated heterocycles. The second-order valence-corrected chi connectivity index (χ2v) is 4.29. The van der Waals surface area contributed by atoms with Crippen molar-refractivity contribution in [2.45, 2.75) is 18.9 Å². The van der Waals surface area contributed by atoms with Crippen molar-refractivity contribution < 1.29 is 0 Å². The molecule has 1 aromatic rings. The van der Waals surface area contributed by atoms with Crippen molar-refractivity contribution in [3.8, 4) is 0 Å². The largest absolute Gasteiger partial charge is 0.314 e. The van der Waals surface area contributed by atoms with Gasteiger partial charge in [-0.2, -0.15) is 0 Å². The number of aryl methyl sites for hydroxylation is 1. The highest BCUT2D eigenvalue weighted by atomic mass is 15.2. The van der Waals surface area contributed by atoms with E-state index in [2.05, 4.69) is 41.5 Å². The molecule has 1 N–H and O–H groups in total. The highest BCUT2D eigenvalue weighted by Gasteiger charge is 2.17. The summed E-state index contributed by atoms with van der Waals surface area (Å²) < 4.78 is 0. The van der Waals surface area contributed by atoms with E-state index in [1.165, 1.54) is 18.5 Å². The summed E-state index contributed by atoms with van der Waals surface area (Å²) in [7, 11) is 2.22. The molecule has 81 valence electrons. The number of nitrogens with one attached hydrogen (secondary N) is 1. The minimum atomic E-state index is 0.693. The van der Waals surface area contributed by atoms with Crippen LogP contribution in [-0.2, 0) is 6.42 Å². The maximum atomic E-state index is 3.45.